The van der Waals surface area contributed by atoms with Crippen molar-refractivity contribution in [1.29, 1.82) is 0 Å². The minimum atomic E-state index is -0.0154. The summed E-state index contributed by atoms with van der Waals surface area (Å²) in [6, 6.07) is 5.36. The molecule has 0 amide bonds. The summed E-state index contributed by atoms with van der Waals surface area (Å²) in [4.78, 5) is 2.36. The molecule has 20 heavy (non-hydrogen) atoms. The third-order valence-corrected chi connectivity index (χ3v) is 4.69. The number of nitrogens with two attached hydrogens (primary N) is 1. The van der Waals surface area contributed by atoms with E-state index in [1.165, 1.54) is 12.8 Å². The second-order valence-corrected chi connectivity index (χ2v) is 5.71. The molecule has 1 aromatic carbocycles. The molecule has 3 unspecified atom stereocenters. The van der Waals surface area contributed by atoms with Gasteiger partial charge in [-0.05, 0) is 50.9 Å². The largest absolute Gasteiger partial charge is 0.507 e. The van der Waals surface area contributed by atoms with Crippen LogP contribution < -0.4 is 5.73 Å². The third-order valence-electron chi connectivity index (χ3n) is 4.69. The van der Waals surface area contributed by atoms with Crippen LogP contribution in [0.4, 0.5) is 0 Å². The number of benzene rings is 1. The predicted molar refractivity (Wildman–Crippen MR) is 80.8 cm³/mol. The molecule has 4 nitrogen and oxygen atoms in total. The zero-order chi connectivity index (χ0) is 14.7. The predicted octanol–water partition coefficient (Wildman–Crippen LogP) is 2.61. The summed E-state index contributed by atoms with van der Waals surface area (Å²) < 4.78 is 0. The topological polar surface area (TPSA) is 69.7 Å². The molecule has 0 saturated heterocycles. The summed E-state index contributed by atoms with van der Waals surface area (Å²) in [5.41, 5.74) is 6.51. The quantitative estimate of drug-likeness (QED) is 0.774. The van der Waals surface area contributed by atoms with E-state index >= 15 is 0 Å². The molecule has 1 fully saturated rings. The van der Waals surface area contributed by atoms with E-state index < -0.39 is 0 Å². The van der Waals surface area contributed by atoms with Gasteiger partial charge in [0.15, 0.2) is 0 Å². The van der Waals surface area contributed by atoms with Gasteiger partial charge in [-0.3, -0.25) is 4.90 Å². The van der Waals surface area contributed by atoms with Gasteiger partial charge in [0, 0.05) is 12.1 Å². The highest BCUT2D eigenvalue weighted by Crippen LogP contribution is 2.40. The van der Waals surface area contributed by atoms with Crippen molar-refractivity contribution in [3.63, 3.8) is 0 Å². The van der Waals surface area contributed by atoms with E-state index in [-0.39, 0.29) is 17.5 Å². The molecule has 4 N–H and O–H groups in total. The first-order valence-electron chi connectivity index (χ1n) is 7.56. The van der Waals surface area contributed by atoms with Crippen LogP contribution in [-0.2, 0) is 0 Å². The fraction of sp³-hybridized carbons (Fsp3) is 0.625. The summed E-state index contributed by atoms with van der Waals surface area (Å²) in [5, 5.41) is 20.1. The fourth-order valence-corrected chi connectivity index (χ4v) is 3.66. The van der Waals surface area contributed by atoms with Crippen LogP contribution >= 0.6 is 0 Å². The normalized spacial score (nSPS) is 24.2. The number of rotatable bonds is 5. The Kier molecular flexibility index (Phi) is 4.89. The van der Waals surface area contributed by atoms with Gasteiger partial charge >= 0.3 is 0 Å². The Bertz CT molecular complexity index is 430. The van der Waals surface area contributed by atoms with Gasteiger partial charge in [-0.25, -0.2) is 0 Å². The van der Waals surface area contributed by atoms with Gasteiger partial charge < -0.3 is 15.9 Å². The van der Waals surface area contributed by atoms with E-state index in [2.05, 4.69) is 11.8 Å². The fourth-order valence-electron chi connectivity index (χ4n) is 3.66. The maximum absolute atomic E-state index is 10.1. The Hall–Kier alpha value is -1.26. The Morgan fingerprint density at radius 1 is 1.30 bits per heavy atom. The average Bonchev–Trinajstić information content (AvgIpc) is 2.87. The lowest BCUT2D eigenvalue weighted by Gasteiger charge is -2.37. The van der Waals surface area contributed by atoms with Crippen molar-refractivity contribution >= 4 is 0 Å². The molecule has 0 radical (unpaired) electrons. The van der Waals surface area contributed by atoms with Crippen molar-refractivity contribution in [3.05, 3.63) is 23.8 Å². The molecule has 0 spiro atoms. The Balaban J connectivity index is 2.27. The highest BCUT2D eigenvalue weighted by Gasteiger charge is 2.34. The first-order valence-corrected chi connectivity index (χ1v) is 7.56. The zero-order valence-electron chi connectivity index (χ0n) is 12.4. The second kappa shape index (κ2) is 6.46. The van der Waals surface area contributed by atoms with Crippen LogP contribution in [0.1, 0.15) is 44.7 Å². The minimum absolute atomic E-state index is 0.0154. The number of phenols is 2. The number of nitrogens with zero attached hydrogens (tertiary/aromatic N) is 1. The van der Waals surface area contributed by atoms with Gasteiger partial charge in [-0.2, -0.15) is 0 Å². The van der Waals surface area contributed by atoms with Crippen molar-refractivity contribution in [2.75, 3.05) is 13.1 Å². The summed E-state index contributed by atoms with van der Waals surface area (Å²) in [6.07, 6.45) is 3.54. The van der Waals surface area contributed by atoms with E-state index in [9.17, 15) is 10.2 Å². The number of phenolic OH excluding ortho intramolecular Hbond substituents is 2. The maximum atomic E-state index is 10.1. The van der Waals surface area contributed by atoms with Crippen molar-refractivity contribution in [1.82, 2.24) is 4.90 Å². The van der Waals surface area contributed by atoms with E-state index in [0.717, 1.165) is 13.0 Å². The molecule has 3 atom stereocenters. The van der Waals surface area contributed by atoms with E-state index in [1.807, 2.05) is 6.92 Å². The molecular formula is C16H26N2O2. The Morgan fingerprint density at radius 3 is 2.50 bits per heavy atom. The molecule has 0 bridgehead atoms. The number of hydrogen-bond donors (Lipinski definition) is 3. The molecule has 2 rings (SSSR count). The summed E-state index contributed by atoms with van der Waals surface area (Å²) in [7, 11) is 0. The van der Waals surface area contributed by atoms with Gasteiger partial charge in [-0.1, -0.05) is 19.4 Å². The molecule has 1 aliphatic rings. The lowest BCUT2D eigenvalue weighted by atomic mass is 9.97. The summed E-state index contributed by atoms with van der Waals surface area (Å²) >= 11 is 0. The van der Waals surface area contributed by atoms with Crippen molar-refractivity contribution in [2.45, 2.75) is 45.2 Å². The number of hydrogen-bond acceptors (Lipinski definition) is 4. The maximum Gasteiger partial charge on any atom is 0.124 e. The second-order valence-electron chi connectivity index (χ2n) is 5.71. The Labute approximate surface area is 121 Å². The first kappa shape index (κ1) is 15.1. The van der Waals surface area contributed by atoms with Crippen molar-refractivity contribution in [3.8, 4) is 11.5 Å². The van der Waals surface area contributed by atoms with E-state index in [0.29, 0.717) is 24.1 Å². The van der Waals surface area contributed by atoms with Crippen LogP contribution in [0, 0.1) is 5.92 Å². The average molecular weight is 278 g/mol. The van der Waals surface area contributed by atoms with E-state index in [4.69, 9.17) is 5.73 Å². The molecule has 4 heteroatoms. The standard InChI is InChI=1S/C16H26N2O2/c1-3-18(13-7-4-6-12(13)10-17)11(2)16-14(19)8-5-9-15(16)20/h5,8-9,11-13,19-20H,3-4,6-7,10,17H2,1-2H3. The molecule has 1 saturated carbocycles. The minimum Gasteiger partial charge on any atom is -0.507 e. The third kappa shape index (κ3) is 2.76. The van der Waals surface area contributed by atoms with Crippen LogP contribution in [0.3, 0.4) is 0 Å². The van der Waals surface area contributed by atoms with Crippen LogP contribution in [0.5, 0.6) is 11.5 Å². The number of aromatic hydroxyl groups is 2. The molecule has 0 heterocycles. The summed E-state index contributed by atoms with van der Waals surface area (Å²) in [5.74, 6) is 0.849. The lowest BCUT2D eigenvalue weighted by Crippen LogP contribution is -2.41. The first-order chi connectivity index (χ1) is 9.60. The Morgan fingerprint density at radius 2 is 1.95 bits per heavy atom. The smallest absolute Gasteiger partial charge is 0.124 e. The monoisotopic (exact) mass is 278 g/mol. The van der Waals surface area contributed by atoms with Gasteiger partial charge in [0.25, 0.3) is 0 Å². The lowest BCUT2D eigenvalue weighted by molar-refractivity contribution is 0.120. The molecule has 0 aliphatic heterocycles. The highest BCUT2D eigenvalue weighted by molar-refractivity contribution is 5.45. The summed E-state index contributed by atoms with van der Waals surface area (Å²) in [6.45, 7) is 5.76. The van der Waals surface area contributed by atoms with Gasteiger partial charge in [-0.15, -0.1) is 0 Å². The van der Waals surface area contributed by atoms with Crippen molar-refractivity contribution < 1.29 is 10.2 Å². The van der Waals surface area contributed by atoms with Gasteiger partial charge in [0.2, 0.25) is 0 Å². The van der Waals surface area contributed by atoms with Crippen LogP contribution in [0.25, 0.3) is 0 Å². The highest BCUT2D eigenvalue weighted by atomic mass is 16.3. The van der Waals surface area contributed by atoms with E-state index in [1.54, 1.807) is 18.2 Å². The van der Waals surface area contributed by atoms with Gasteiger partial charge in [0.1, 0.15) is 11.5 Å². The molecule has 0 aromatic heterocycles. The SMILES string of the molecule is CCN(C(C)c1c(O)cccc1O)C1CCCC1CN. The molecular weight excluding hydrogens is 252 g/mol. The van der Waals surface area contributed by atoms with Crippen molar-refractivity contribution in [2.24, 2.45) is 11.7 Å². The molecule has 1 aromatic rings. The van der Waals surface area contributed by atoms with Crippen LogP contribution in [0.15, 0.2) is 18.2 Å². The van der Waals surface area contributed by atoms with Crippen LogP contribution in [0.2, 0.25) is 0 Å². The van der Waals surface area contributed by atoms with Gasteiger partial charge in [0.05, 0.1) is 5.56 Å². The molecule has 112 valence electrons. The molecule has 1 aliphatic carbocycles. The van der Waals surface area contributed by atoms with Crippen LogP contribution in [-0.4, -0.2) is 34.2 Å². The zero-order valence-corrected chi connectivity index (χ0v) is 12.4.